The van der Waals surface area contributed by atoms with E-state index in [-0.39, 0.29) is 11.5 Å². The van der Waals surface area contributed by atoms with Crippen LogP contribution >= 0.6 is 11.6 Å². The number of carbonyl (C=O) groups is 1. The number of halogens is 1. The number of benzene rings is 2. The zero-order valence-corrected chi connectivity index (χ0v) is 20.4. The van der Waals surface area contributed by atoms with Crippen LogP contribution in [0.2, 0.25) is 5.02 Å². The van der Waals surface area contributed by atoms with Gasteiger partial charge >= 0.3 is 6.09 Å². The van der Waals surface area contributed by atoms with Gasteiger partial charge in [0.25, 0.3) is 0 Å². The third-order valence-electron chi connectivity index (χ3n) is 6.78. The van der Waals surface area contributed by atoms with Crippen LogP contribution in [-0.2, 0) is 0 Å². The van der Waals surface area contributed by atoms with E-state index in [0.717, 1.165) is 44.2 Å². The third kappa shape index (κ3) is 3.72. The lowest BCUT2D eigenvalue weighted by Gasteiger charge is -2.46. The summed E-state index contributed by atoms with van der Waals surface area (Å²) >= 11 is 6.87. The van der Waals surface area contributed by atoms with Crippen molar-refractivity contribution < 1.29 is 9.90 Å². The number of amides is 1. The summed E-state index contributed by atoms with van der Waals surface area (Å²) in [6, 6.07) is 7.84. The smallest absolute Gasteiger partial charge is 0.407 e. The van der Waals surface area contributed by atoms with E-state index in [4.69, 9.17) is 11.6 Å². The van der Waals surface area contributed by atoms with Crippen molar-refractivity contribution in [2.45, 2.75) is 33.7 Å². The van der Waals surface area contributed by atoms with Crippen LogP contribution in [0.25, 0.3) is 32.9 Å². The number of hydrogen-bond acceptors (Lipinski definition) is 5. The Bertz CT molecular complexity index is 1410. The zero-order valence-electron chi connectivity index (χ0n) is 19.6. The molecule has 1 aliphatic heterocycles. The van der Waals surface area contributed by atoms with Crippen LogP contribution in [0.3, 0.4) is 0 Å². The maximum atomic E-state index is 11.8. The van der Waals surface area contributed by atoms with E-state index in [2.05, 4.69) is 53.0 Å². The molecule has 2 N–H and O–H groups in total. The van der Waals surface area contributed by atoms with Crippen molar-refractivity contribution in [3.8, 4) is 11.1 Å². The number of piperazine rings is 1. The molecule has 0 bridgehead atoms. The molecule has 8 nitrogen and oxygen atoms in total. The highest BCUT2D eigenvalue weighted by molar-refractivity contribution is 6.35. The number of aromatic amines is 1. The van der Waals surface area contributed by atoms with Crippen molar-refractivity contribution in [3.05, 3.63) is 47.2 Å². The lowest BCUT2D eigenvalue weighted by molar-refractivity contribution is 0.0749. The first-order valence-electron chi connectivity index (χ1n) is 11.3. The average Bonchev–Trinajstić information content (AvgIpc) is 3.26. The van der Waals surface area contributed by atoms with Crippen LogP contribution in [-0.4, -0.2) is 62.2 Å². The molecule has 1 amide bonds. The topological polar surface area (TPSA) is 98.2 Å². The lowest BCUT2D eigenvalue weighted by atomic mass is 9.84. The number of aromatic nitrogens is 4. The first kappa shape index (κ1) is 22.4. The second kappa shape index (κ2) is 8.13. The number of aryl methyl sites for hydroxylation is 1. The van der Waals surface area contributed by atoms with Gasteiger partial charge in [-0.1, -0.05) is 38.4 Å². The molecule has 1 atom stereocenters. The first-order valence-corrected chi connectivity index (χ1v) is 11.7. The normalized spacial score (nSPS) is 17.0. The molecular weight excluding hydrogens is 452 g/mol. The molecule has 1 unspecified atom stereocenters. The largest absolute Gasteiger partial charge is 0.465 e. The molecule has 9 heteroatoms. The molecule has 34 heavy (non-hydrogen) atoms. The number of fused-ring (bicyclic) bond motifs is 2. The fourth-order valence-corrected chi connectivity index (χ4v) is 5.22. The summed E-state index contributed by atoms with van der Waals surface area (Å²) in [6.45, 7) is 9.84. The maximum absolute atomic E-state index is 11.8. The summed E-state index contributed by atoms with van der Waals surface area (Å²) in [4.78, 5) is 15.6. The van der Waals surface area contributed by atoms with E-state index < -0.39 is 6.09 Å². The van der Waals surface area contributed by atoms with E-state index in [0.29, 0.717) is 24.7 Å². The standard InChI is InChI=1S/C25H27ClN6O2/c1-14-5-6-19-17(11-27-29-19)23(14)15-10-20-16(9-18(15)26)21(12-28-30-20)31-7-8-32(24(33)34)22(13-31)25(2,3)4/h5-6,9-12,22H,7-8,13H2,1-4H3,(H,27,29)(H,33,34). The predicted molar refractivity (Wildman–Crippen MR) is 135 cm³/mol. The van der Waals surface area contributed by atoms with Gasteiger partial charge < -0.3 is 14.9 Å². The highest BCUT2D eigenvalue weighted by atomic mass is 35.5. The Balaban J connectivity index is 1.60. The quantitative estimate of drug-likeness (QED) is 0.403. The molecule has 2 aromatic heterocycles. The van der Waals surface area contributed by atoms with Crippen molar-refractivity contribution in [2.75, 3.05) is 24.5 Å². The molecule has 1 aliphatic rings. The fraction of sp³-hybridized carbons (Fsp3) is 0.360. The number of rotatable bonds is 2. The summed E-state index contributed by atoms with van der Waals surface area (Å²) in [5.74, 6) is 0. The summed E-state index contributed by atoms with van der Waals surface area (Å²) in [5.41, 5.74) is 5.39. The molecule has 0 aliphatic carbocycles. The number of hydrogen-bond donors (Lipinski definition) is 2. The van der Waals surface area contributed by atoms with Gasteiger partial charge in [-0.25, -0.2) is 4.79 Å². The Kier molecular flexibility index (Phi) is 5.36. The Morgan fingerprint density at radius 2 is 1.97 bits per heavy atom. The van der Waals surface area contributed by atoms with E-state index in [1.807, 2.05) is 30.5 Å². The number of nitrogens with one attached hydrogen (secondary N) is 1. The first-order chi connectivity index (χ1) is 16.1. The SMILES string of the molecule is Cc1ccc2[nH]ncc2c1-c1cc2nncc(N3CCN(C(=O)O)C(C(C)(C)C)C3)c2cc1Cl. The molecule has 176 valence electrons. The van der Waals surface area contributed by atoms with Crippen molar-refractivity contribution in [3.63, 3.8) is 0 Å². The van der Waals surface area contributed by atoms with Crippen LogP contribution in [0.1, 0.15) is 26.3 Å². The number of carboxylic acid groups (broad SMARTS) is 1. The second-order valence-electron chi connectivity index (χ2n) is 9.97. The molecule has 5 rings (SSSR count). The van der Waals surface area contributed by atoms with Gasteiger partial charge in [0.1, 0.15) is 0 Å². The third-order valence-corrected chi connectivity index (χ3v) is 7.09. The van der Waals surface area contributed by atoms with Gasteiger partial charge in [0, 0.05) is 41.0 Å². The van der Waals surface area contributed by atoms with E-state index in [1.54, 1.807) is 11.1 Å². The number of H-pyrrole nitrogens is 1. The second-order valence-corrected chi connectivity index (χ2v) is 10.4. The minimum Gasteiger partial charge on any atom is -0.465 e. The van der Waals surface area contributed by atoms with Crippen molar-refractivity contribution in [1.82, 2.24) is 25.3 Å². The molecular formula is C25H27ClN6O2. The Labute approximate surface area is 202 Å². The number of anilines is 1. The fourth-order valence-electron chi connectivity index (χ4n) is 4.96. The Morgan fingerprint density at radius 3 is 2.71 bits per heavy atom. The molecule has 0 radical (unpaired) electrons. The van der Waals surface area contributed by atoms with Crippen LogP contribution in [0.4, 0.5) is 10.5 Å². The lowest BCUT2D eigenvalue weighted by Crippen LogP contribution is -2.59. The molecule has 3 heterocycles. The highest BCUT2D eigenvalue weighted by Gasteiger charge is 2.38. The van der Waals surface area contributed by atoms with Crippen LogP contribution < -0.4 is 4.90 Å². The highest BCUT2D eigenvalue weighted by Crippen LogP contribution is 2.40. The summed E-state index contributed by atoms with van der Waals surface area (Å²) in [6.07, 6.45) is 2.68. The molecule has 0 spiro atoms. The molecule has 2 aromatic carbocycles. The van der Waals surface area contributed by atoms with Gasteiger partial charge in [-0.2, -0.15) is 15.3 Å². The minimum atomic E-state index is -0.881. The van der Waals surface area contributed by atoms with E-state index in [9.17, 15) is 9.90 Å². The van der Waals surface area contributed by atoms with Crippen LogP contribution in [0.5, 0.6) is 0 Å². The molecule has 1 fully saturated rings. The number of nitrogens with zero attached hydrogens (tertiary/aromatic N) is 5. The van der Waals surface area contributed by atoms with Gasteiger partial charge in [0.2, 0.25) is 0 Å². The Morgan fingerprint density at radius 1 is 1.18 bits per heavy atom. The van der Waals surface area contributed by atoms with Gasteiger partial charge in [0.15, 0.2) is 0 Å². The molecule has 4 aromatic rings. The maximum Gasteiger partial charge on any atom is 0.407 e. The van der Waals surface area contributed by atoms with Gasteiger partial charge in [-0.05, 0) is 41.7 Å². The van der Waals surface area contributed by atoms with Gasteiger partial charge in [0.05, 0.1) is 35.2 Å². The van der Waals surface area contributed by atoms with Crippen molar-refractivity contribution in [1.29, 1.82) is 0 Å². The summed E-state index contributed by atoms with van der Waals surface area (Å²) in [7, 11) is 0. The Hall–Kier alpha value is -3.39. The van der Waals surface area contributed by atoms with Crippen molar-refractivity contribution in [2.24, 2.45) is 5.41 Å². The monoisotopic (exact) mass is 478 g/mol. The zero-order chi connectivity index (χ0) is 24.2. The summed E-state index contributed by atoms with van der Waals surface area (Å²) < 4.78 is 0. The van der Waals surface area contributed by atoms with Gasteiger partial charge in [-0.15, -0.1) is 0 Å². The van der Waals surface area contributed by atoms with Crippen molar-refractivity contribution >= 4 is 45.2 Å². The van der Waals surface area contributed by atoms with Crippen LogP contribution in [0, 0.1) is 12.3 Å². The molecule has 1 saturated heterocycles. The molecule has 0 saturated carbocycles. The van der Waals surface area contributed by atoms with E-state index >= 15 is 0 Å². The van der Waals surface area contributed by atoms with Gasteiger partial charge in [-0.3, -0.25) is 5.10 Å². The van der Waals surface area contributed by atoms with Crippen LogP contribution in [0.15, 0.2) is 36.7 Å². The average molecular weight is 479 g/mol. The minimum absolute atomic E-state index is 0.155. The predicted octanol–water partition coefficient (Wildman–Crippen LogP) is 5.35. The summed E-state index contributed by atoms with van der Waals surface area (Å²) in [5, 5.41) is 28.1. The van der Waals surface area contributed by atoms with E-state index in [1.165, 1.54) is 0 Å².